The number of nitrogens with zero attached hydrogens (tertiary/aromatic N) is 4. The number of sulfonamides is 1. The largest absolute Gasteiger partial charge is 0.451 e. The first-order valence-electron chi connectivity index (χ1n) is 8.15. The average molecular weight is 352 g/mol. The SMILES string of the molecule is CN1CCN(S(=O)(=O)c2cc(-c3nnc(C4CCC4)o3)co2)CC1. The predicted octanol–water partition coefficient (Wildman–Crippen LogP) is 1.53. The van der Waals surface area contributed by atoms with E-state index in [1.54, 1.807) is 0 Å². The van der Waals surface area contributed by atoms with Crippen molar-refractivity contribution in [2.75, 3.05) is 33.2 Å². The topological polar surface area (TPSA) is 92.7 Å². The maximum Gasteiger partial charge on any atom is 0.276 e. The van der Waals surface area contributed by atoms with Gasteiger partial charge < -0.3 is 13.7 Å². The molecule has 24 heavy (non-hydrogen) atoms. The highest BCUT2D eigenvalue weighted by atomic mass is 32.2. The van der Waals surface area contributed by atoms with Crippen LogP contribution in [-0.2, 0) is 10.0 Å². The van der Waals surface area contributed by atoms with E-state index in [0.717, 1.165) is 12.8 Å². The van der Waals surface area contributed by atoms with Gasteiger partial charge in [0.1, 0.15) is 6.26 Å². The van der Waals surface area contributed by atoms with E-state index in [1.807, 2.05) is 7.05 Å². The first-order valence-corrected chi connectivity index (χ1v) is 9.59. The van der Waals surface area contributed by atoms with Gasteiger partial charge >= 0.3 is 0 Å². The first-order chi connectivity index (χ1) is 11.5. The standard InChI is InChI=1S/C15H20N4O4S/c1-18-5-7-19(8-6-18)24(20,21)13-9-12(10-22-13)15-17-16-14(23-15)11-3-2-4-11/h9-11H,2-8H2,1H3. The van der Waals surface area contributed by atoms with E-state index in [0.29, 0.717) is 49.4 Å². The van der Waals surface area contributed by atoms with Crippen molar-refractivity contribution in [3.63, 3.8) is 0 Å². The summed E-state index contributed by atoms with van der Waals surface area (Å²) < 4.78 is 37.7. The van der Waals surface area contributed by atoms with Crippen LogP contribution in [0.5, 0.6) is 0 Å². The molecule has 0 bridgehead atoms. The molecule has 2 aliphatic rings. The lowest BCUT2D eigenvalue weighted by molar-refractivity contribution is 0.219. The van der Waals surface area contributed by atoms with Gasteiger partial charge in [0.15, 0.2) is 0 Å². The molecule has 0 spiro atoms. The van der Waals surface area contributed by atoms with Crippen LogP contribution in [0.15, 0.2) is 26.3 Å². The lowest BCUT2D eigenvalue weighted by Crippen LogP contribution is -2.46. The average Bonchev–Trinajstić information content (AvgIpc) is 3.14. The molecule has 0 atom stereocenters. The van der Waals surface area contributed by atoms with Gasteiger partial charge in [0.05, 0.1) is 5.56 Å². The second-order valence-electron chi connectivity index (χ2n) is 6.44. The summed E-state index contributed by atoms with van der Waals surface area (Å²) in [4.78, 5) is 2.10. The zero-order valence-corrected chi connectivity index (χ0v) is 14.3. The minimum atomic E-state index is -3.63. The summed E-state index contributed by atoms with van der Waals surface area (Å²) in [5.41, 5.74) is 0.501. The lowest BCUT2D eigenvalue weighted by atomic mass is 9.85. The summed E-state index contributed by atoms with van der Waals surface area (Å²) in [6.45, 7) is 2.34. The Kier molecular flexibility index (Phi) is 3.93. The van der Waals surface area contributed by atoms with E-state index in [1.165, 1.54) is 23.1 Å². The van der Waals surface area contributed by atoms with Crippen LogP contribution >= 0.6 is 0 Å². The fourth-order valence-electron chi connectivity index (χ4n) is 2.89. The van der Waals surface area contributed by atoms with Crippen molar-refractivity contribution in [2.45, 2.75) is 30.3 Å². The van der Waals surface area contributed by atoms with Crippen molar-refractivity contribution in [3.05, 3.63) is 18.2 Å². The van der Waals surface area contributed by atoms with E-state index >= 15 is 0 Å². The molecule has 3 heterocycles. The zero-order valence-electron chi connectivity index (χ0n) is 13.5. The minimum Gasteiger partial charge on any atom is -0.451 e. The molecule has 8 nitrogen and oxygen atoms in total. The number of furan rings is 1. The summed E-state index contributed by atoms with van der Waals surface area (Å²) in [6.07, 6.45) is 4.68. The highest BCUT2D eigenvalue weighted by molar-refractivity contribution is 7.89. The van der Waals surface area contributed by atoms with Crippen LogP contribution in [0.3, 0.4) is 0 Å². The molecule has 1 saturated carbocycles. The predicted molar refractivity (Wildman–Crippen MR) is 84.8 cm³/mol. The fraction of sp³-hybridized carbons (Fsp3) is 0.600. The fourth-order valence-corrected chi connectivity index (χ4v) is 4.24. The number of aromatic nitrogens is 2. The number of rotatable bonds is 4. The van der Waals surface area contributed by atoms with E-state index in [9.17, 15) is 8.42 Å². The van der Waals surface area contributed by atoms with Crippen LogP contribution in [0.1, 0.15) is 31.1 Å². The Labute approximate surface area is 140 Å². The number of piperazine rings is 1. The normalized spacial score (nSPS) is 21.0. The summed E-state index contributed by atoms with van der Waals surface area (Å²) in [7, 11) is -1.65. The molecule has 2 aromatic heterocycles. The van der Waals surface area contributed by atoms with Crippen LogP contribution in [0, 0.1) is 0 Å². The van der Waals surface area contributed by atoms with Gasteiger partial charge in [-0.05, 0) is 19.9 Å². The summed E-state index contributed by atoms with van der Waals surface area (Å²) in [5.74, 6) is 1.27. The van der Waals surface area contributed by atoms with Gasteiger partial charge in [-0.25, -0.2) is 8.42 Å². The van der Waals surface area contributed by atoms with Gasteiger partial charge in [0, 0.05) is 38.2 Å². The second-order valence-corrected chi connectivity index (χ2v) is 8.30. The monoisotopic (exact) mass is 352 g/mol. The Morgan fingerprint density at radius 3 is 2.58 bits per heavy atom. The van der Waals surface area contributed by atoms with E-state index in [2.05, 4.69) is 15.1 Å². The minimum absolute atomic E-state index is 0.0783. The maximum absolute atomic E-state index is 12.7. The molecule has 1 aliphatic carbocycles. The molecule has 2 aromatic rings. The summed E-state index contributed by atoms with van der Waals surface area (Å²) >= 11 is 0. The Bertz CT molecular complexity index is 816. The number of hydrogen-bond donors (Lipinski definition) is 0. The van der Waals surface area contributed by atoms with Crippen molar-refractivity contribution in [3.8, 4) is 11.5 Å². The van der Waals surface area contributed by atoms with Gasteiger partial charge in [-0.1, -0.05) is 6.42 Å². The molecule has 130 valence electrons. The summed E-state index contributed by atoms with van der Waals surface area (Å²) in [5, 5.41) is 8.00. The van der Waals surface area contributed by atoms with Crippen LogP contribution in [0.2, 0.25) is 0 Å². The molecule has 9 heteroatoms. The van der Waals surface area contributed by atoms with Gasteiger partial charge in [-0.3, -0.25) is 0 Å². The molecule has 0 aromatic carbocycles. The molecule has 0 radical (unpaired) electrons. The Morgan fingerprint density at radius 1 is 1.17 bits per heavy atom. The number of likely N-dealkylation sites (N-methyl/N-ethyl adjacent to an activating group) is 1. The molecule has 0 N–H and O–H groups in total. The van der Waals surface area contributed by atoms with Crippen LogP contribution in [0.4, 0.5) is 0 Å². The Hall–Kier alpha value is -1.71. The maximum atomic E-state index is 12.7. The molecular formula is C15H20N4O4S. The molecule has 2 fully saturated rings. The Morgan fingerprint density at radius 2 is 1.92 bits per heavy atom. The third-order valence-corrected chi connectivity index (χ3v) is 6.54. The highest BCUT2D eigenvalue weighted by Crippen LogP contribution is 2.36. The molecular weight excluding hydrogens is 332 g/mol. The van der Waals surface area contributed by atoms with E-state index in [-0.39, 0.29) is 5.09 Å². The molecule has 0 amide bonds. The van der Waals surface area contributed by atoms with Crippen molar-refractivity contribution < 1.29 is 17.3 Å². The lowest BCUT2D eigenvalue weighted by Gasteiger charge is -2.30. The van der Waals surface area contributed by atoms with Gasteiger partial charge in [0.2, 0.25) is 11.0 Å². The van der Waals surface area contributed by atoms with E-state index < -0.39 is 10.0 Å². The molecule has 4 rings (SSSR count). The van der Waals surface area contributed by atoms with Crippen LogP contribution < -0.4 is 0 Å². The van der Waals surface area contributed by atoms with E-state index in [4.69, 9.17) is 8.83 Å². The molecule has 0 unspecified atom stereocenters. The van der Waals surface area contributed by atoms with Gasteiger partial charge in [-0.15, -0.1) is 10.2 Å². The van der Waals surface area contributed by atoms with Crippen molar-refractivity contribution in [1.29, 1.82) is 0 Å². The van der Waals surface area contributed by atoms with Crippen molar-refractivity contribution in [1.82, 2.24) is 19.4 Å². The zero-order chi connectivity index (χ0) is 16.7. The van der Waals surface area contributed by atoms with Crippen LogP contribution in [-0.4, -0.2) is 61.0 Å². The molecule has 1 saturated heterocycles. The quantitative estimate of drug-likeness (QED) is 0.824. The number of hydrogen-bond acceptors (Lipinski definition) is 7. The Balaban J connectivity index is 1.54. The van der Waals surface area contributed by atoms with Crippen molar-refractivity contribution in [2.24, 2.45) is 0 Å². The molecule has 1 aliphatic heterocycles. The first kappa shape index (κ1) is 15.8. The van der Waals surface area contributed by atoms with Crippen LogP contribution in [0.25, 0.3) is 11.5 Å². The third-order valence-electron chi connectivity index (χ3n) is 4.77. The highest BCUT2D eigenvalue weighted by Gasteiger charge is 2.31. The van der Waals surface area contributed by atoms with Crippen molar-refractivity contribution >= 4 is 10.0 Å². The smallest absolute Gasteiger partial charge is 0.276 e. The van der Waals surface area contributed by atoms with Gasteiger partial charge in [-0.2, -0.15) is 4.31 Å². The third kappa shape index (κ3) is 2.76. The summed E-state index contributed by atoms with van der Waals surface area (Å²) in [6, 6.07) is 1.46. The van der Waals surface area contributed by atoms with Gasteiger partial charge in [0.25, 0.3) is 15.9 Å². The second kappa shape index (κ2) is 5.98.